The van der Waals surface area contributed by atoms with Gasteiger partial charge in [-0.05, 0) is 37.0 Å². The summed E-state index contributed by atoms with van der Waals surface area (Å²) in [5.41, 5.74) is 0.503. The number of anilines is 1. The lowest BCUT2D eigenvalue weighted by Crippen LogP contribution is -2.30. The molecule has 0 saturated heterocycles. The molecule has 0 aliphatic heterocycles. The quantitative estimate of drug-likeness (QED) is 0.862. The van der Waals surface area contributed by atoms with Crippen LogP contribution < -0.4 is 5.32 Å². The predicted octanol–water partition coefficient (Wildman–Crippen LogP) is 3.79. The van der Waals surface area contributed by atoms with Gasteiger partial charge in [0.15, 0.2) is 0 Å². The Hall–Kier alpha value is -1.07. The molecule has 0 aromatic heterocycles. The maximum atomic E-state index is 12.3. The fourth-order valence-electron chi connectivity index (χ4n) is 2.67. The molecule has 0 radical (unpaired) electrons. The van der Waals surface area contributed by atoms with E-state index in [1.54, 1.807) is 18.2 Å². The van der Waals surface area contributed by atoms with Crippen LogP contribution in [0.2, 0.25) is 5.02 Å². The van der Waals surface area contributed by atoms with Gasteiger partial charge in [-0.15, -0.1) is 0 Å². The molecule has 1 saturated carbocycles. The number of amides is 1. The Kier molecular flexibility index (Phi) is 4.70. The van der Waals surface area contributed by atoms with Gasteiger partial charge in [-0.25, -0.2) is 0 Å². The van der Waals surface area contributed by atoms with Gasteiger partial charge in [0.1, 0.15) is 0 Å². The van der Waals surface area contributed by atoms with E-state index < -0.39 is 17.8 Å². The zero-order chi connectivity index (χ0) is 14.9. The van der Waals surface area contributed by atoms with Gasteiger partial charge in [0, 0.05) is 4.47 Å². The van der Waals surface area contributed by atoms with Crippen LogP contribution in [0.3, 0.4) is 0 Å². The standard InChI is InChI=1S/C14H15BrClNO3/c1-7-4-9(10(5-7)14(19)20)13(18)17-12-3-2-8(15)6-11(12)16/h2-3,6-7,9-10H,4-5H2,1H3,(H,17,18)(H,19,20)/t7?,9-,10+/m0/s1. The zero-order valence-corrected chi connectivity index (χ0v) is 13.2. The minimum atomic E-state index is -0.906. The van der Waals surface area contributed by atoms with Gasteiger partial charge in [0.05, 0.1) is 22.5 Å². The van der Waals surface area contributed by atoms with Crippen LogP contribution in [0.4, 0.5) is 5.69 Å². The summed E-state index contributed by atoms with van der Waals surface area (Å²) in [6, 6.07) is 5.15. The lowest BCUT2D eigenvalue weighted by molar-refractivity contribution is -0.145. The summed E-state index contributed by atoms with van der Waals surface area (Å²) < 4.78 is 0.818. The van der Waals surface area contributed by atoms with Crippen molar-refractivity contribution in [2.24, 2.45) is 17.8 Å². The molecule has 1 aliphatic rings. The molecule has 0 spiro atoms. The van der Waals surface area contributed by atoms with Gasteiger partial charge >= 0.3 is 5.97 Å². The second kappa shape index (κ2) is 6.14. The van der Waals surface area contributed by atoms with Crippen molar-refractivity contribution in [3.63, 3.8) is 0 Å². The molecule has 0 heterocycles. The van der Waals surface area contributed by atoms with Crippen molar-refractivity contribution in [3.05, 3.63) is 27.7 Å². The lowest BCUT2D eigenvalue weighted by atomic mass is 9.95. The fourth-order valence-corrected chi connectivity index (χ4v) is 3.39. The summed E-state index contributed by atoms with van der Waals surface area (Å²) in [5, 5.41) is 12.3. The highest BCUT2D eigenvalue weighted by Crippen LogP contribution is 2.37. The Morgan fingerprint density at radius 1 is 1.35 bits per heavy atom. The minimum absolute atomic E-state index is 0.243. The molecule has 2 N–H and O–H groups in total. The molecular formula is C14H15BrClNO3. The first-order valence-electron chi connectivity index (χ1n) is 6.37. The summed E-state index contributed by atoms with van der Waals surface area (Å²) in [6.07, 6.45) is 1.14. The third kappa shape index (κ3) is 3.33. The summed E-state index contributed by atoms with van der Waals surface area (Å²) in [6.45, 7) is 1.97. The predicted molar refractivity (Wildman–Crippen MR) is 80.8 cm³/mol. The number of carboxylic acid groups (broad SMARTS) is 1. The van der Waals surface area contributed by atoms with Crippen molar-refractivity contribution in [3.8, 4) is 0 Å². The Labute approximate surface area is 130 Å². The SMILES string of the molecule is CC1C[C@H](C(=O)Nc2ccc(Br)cc2Cl)[C@H](C(=O)O)C1. The van der Waals surface area contributed by atoms with Crippen molar-refractivity contribution < 1.29 is 14.7 Å². The van der Waals surface area contributed by atoms with E-state index in [9.17, 15) is 14.7 Å². The molecule has 108 valence electrons. The number of carbonyl (C=O) groups is 2. The Bertz CT molecular complexity index is 549. The van der Waals surface area contributed by atoms with E-state index in [0.717, 1.165) is 4.47 Å². The van der Waals surface area contributed by atoms with E-state index >= 15 is 0 Å². The average Bonchev–Trinajstić information content (AvgIpc) is 2.75. The van der Waals surface area contributed by atoms with Gasteiger partial charge in [-0.3, -0.25) is 9.59 Å². The minimum Gasteiger partial charge on any atom is -0.481 e. The van der Waals surface area contributed by atoms with Crippen LogP contribution in [0.1, 0.15) is 19.8 Å². The van der Waals surface area contributed by atoms with Crippen LogP contribution >= 0.6 is 27.5 Å². The van der Waals surface area contributed by atoms with Crippen LogP contribution in [-0.4, -0.2) is 17.0 Å². The first-order chi connectivity index (χ1) is 9.38. The highest BCUT2D eigenvalue weighted by Gasteiger charge is 2.41. The van der Waals surface area contributed by atoms with Crippen LogP contribution in [0.5, 0.6) is 0 Å². The third-order valence-electron chi connectivity index (χ3n) is 3.64. The van der Waals surface area contributed by atoms with E-state index in [0.29, 0.717) is 23.6 Å². The second-order valence-corrected chi connectivity index (χ2v) is 6.56. The molecule has 3 atom stereocenters. The van der Waals surface area contributed by atoms with Gasteiger partial charge in [0.2, 0.25) is 5.91 Å². The summed E-state index contributed by atoms with van der Waals surface area (Å²) in [7, 11) is 0. The van der Waals surface area contributed by atoms with E-state index in [-0.39, 0.29) is 11.8 Å². The molecule has 1 amide bonds. The number of aliphatic carboxylic acids is 1. The Balaban J connectivity index is 2.13. The molecule has 1 aromatic carbocycles. The van der Waals surface area contributed by atoms with Gasteiger partial charge < -0.3 is 10.4 Å². The smallest absolute Gasteiger partial charge is 0.307 e. The van der Waals surface area contributed by atoms with Crippen LogP contribution in [0.15, 0.2) is 22.7 Å². The monoisotopic (exact) mass is 359 g/mol. The maximum absolute atomic E-state index is 12.3. The average molecular weight is 361 g/mol. The molecule has 1 aliphatic carbocycles. The van der Waals surface area contributed by atoms with Crippen molar-refractivity contribution in [1.82, 2.24) is 0 Å². The maximum Gasteiger partial charge on any atom is 0.307 e. The zero-order valence-electron chi connectivity index (χ0n) is 10.9. The largest absolute Gasteiger partial charge is 0.481 e. The van der Waals surface area contributed by atoms with Crippen molar-refractivity contribution in [1.29, 1.82) is 0 Å². The molecule has 1 unspecified atom stereocenters. The first-order valence-corrected chi connectivity index (χ1v) is 7.54. The fraction of sp³-hybridized carbons (Fsp3) is 0.429. The van der Waals surface area contributed by atoms with Gasteiger partial charge in [-0.2, -0.15) is 0 Å². The molecule has 1 aromatic rings. The van der Waals surface area contributed by atoms with Crippen LogP contribution in [-0.2, 0) is 9.59 Å². The molecule has 1 fully saturated rings. The number of carboxylic acids is 1. The molecule has 0 bridgehead atoms. The van der Waals surface area contributed by atoms with Crippen LogP contribution in [0.25, 0.3) is 0 Å². The number of halogens is 2. The number of hydrogen-bond acceptors (Lipinski definition) is 2. The summed E-state index contributed by atoms with van der Waals surface area (Å²) >= 11 is 9.34. The number of benzene rings is 1. The number of carbonyl (C=O) groups excluding carboxylic acids is 1. The summed E-state index contributed by atoms with van der Waals surface area (Å²) in [4.78, 5) is 23.5. The number of rotatable bonds is 3. The van der Waals surface area contributed by atoms with Gasteiger partial charge in [-0.1, -0.05) is 34.5 Å². The lowest BCUT2D eigenvalue weighted by Gasteiger charge is -2.16. The Morgan fingerprint density at radius 3 is 2.60 bits per heavy atom. The van der Waals surface area contributed by atoms with E-state index in [1.807, 2.05) is 6.92 Å². The summed E-state index contributed by atoms with van der Waals surface area (Å²) in [5.74, 6) is -2.05. The van der Waals surface area contributed by atoms with E-state index in [1.165, 1.54) is 0 Å². The number of nitrogens with one attached hydrogen (secondary N) is 1. The van der Waals surface area contributed by atoms with Crippen molar-refractivity contribution >= 4 is 45.1 Å². The van der Waals surface area contributed by atoms with E-state index in [4.69, 9.17) is 11.6 Å². The second-order valence-electron chi connectivity index (χ2n) is 5.24. The molecule has 20 heavy (non-hydrogen) atoms. The highest BCUT2D eigenvalue weighted by atomic mass is 79.9. The Morgan fingerprint density at radius 2 is 2.00 bits per heavy atom. The molecule has 4 nitrogen and oxygen atoms in total. The highest BCUT2D eigenvalue weighted by molar-refractivity contribution is 9.10. The number of hydrogen-bond donors (Lipinski definition) is 2. The van der Waals surface area contributed by atoms with Crippen molar-refractivity contribution in [2.45, 2.75) is 19.8 Å². The van der Waals surface area contributed by atoms with Crippen LogP contribution in [0, 0.1) is 17.8 Å². The van der Waals surface area contributed by atoms with E-state index in [2.05, 4.69) is 21.2 Å². The molecule has 6 heteroatoms. The third-order valence-corrected chi connectivity index (χ3v) is 4.45. The van der Waals surface area contributed by atoms with Gasteiger partial charge in [0.25, 0.3) is 0 Å². The first kappa shape index (κ1) is 15.3. The molecule has 2 rings (SSSR count). The normalized spacial score (nSPS) is 25.4. The topological polar surface area (TPSA) is 66.4 Å². The van der Waals surface area contributed by atoms with Crippen molar-refractivity contribution in [2.75, 3.05) is 5.32 Å². The molecular weight excluding hydrogens is 346 g/mol.